The van der Waals surface area contributed by atoms with Crippen molar-refractivity contribution in [1.82, 2.24) is 14.1 Å². The van der Waals surface area contributed by atoms with Crippen LogP contribution in [0.15, 0.2) is 59.6 Å². The van der Waals surface area contributed by atoms with E-state index in [9.17, 15) is 0 Å². The number of halogens is 1. The summed E-state index contributed by atoms with van der Waals surface area (Å²) in [6, 6.07) is 18.2. The lowest BCUT2D eigenvalue weighted by Gasteiger charge is -2.23. The highest BCUT2D eigenvalue weighted by Gasteiger charge is 2.25. The molecule has 3 heterocycles. The van der Waals surface area contributed by atoms with Crippen molar-refractivity contribution in [2.45, 2.75) is 26.4 Å². The fourth-order valence-electron chi connectivity index (χ4n) is 4.17. The Bertz CT molecular complexity index is 1270. The molecule has 3 N–H and O–H groups in total. The first kappa shape index (κ1) is 17.8. The van der Waals surface area contributed by atoms with Gasteiger partial charge in [-0.25, -0.2) is 9.98 Å². The van der Waals surface area contributed by atoms with E-state index in [1.807, 2.05) is 42.5 Å². The maximum atomic E-state index is 6.46. The highest BCUT2D eigenvalue weighted by molar-refractivity contribution is 6.32. The Morgan fingerprint density at radius 3 is 2.69 bits per heavy atom. The summed E-state index contributed by atoms with van der Waals surface area (Å²) in [5, 5.41) is 3.82. The molecule has 1 atom stereocenters. The van der Waals surface area contributed by atoms with E-state index in [1.165, 1.54) is 5.56 Å². The van der Waals surface area contributed by atoms with Gasteiger partial charge in [0.2, 0.25) is 5.95 Å². The van der Waals surface area contributed by atoms with Gasteiger partial charge >= 0.3 is 0 Å². The van der Waals surface area contributed by atoms with Gasteiger partial charge in [-0.05, 0) is 49.7 Å². The van der Waals surface area contributed by atoms with Crippen LogP contribution in [0.1, 0.15) is 23.1 Å². The number of nitrogens with one attached hydrogen (secondary N) is 1. The first-order chi connectivity index (χ1) is 14.0. The van der Waals surface area contributed by atoms with Gasteiger partial charge in [-0.1, -0.05) is 35.9 Å². The van der Waals surface area contributed by atoms with Gasteiger partial charge in [-0.2, -0.15) is 0 Å². The van der Waals surface area contributed by atoms with Crippen molar-refractivity contribution in [3.05, 3.63) is 76.6 Å². The summed E-state index contributed by atoms with van der Waals surface area (Å²) >= 11 is 6.46. The molecule has 2 aromatic carbocycles. The normalized spacial score (nSPS) is 15.8. The molecule has 5 rings (SSSR count). The number of nitrogens with two attached hydrogens (primary N) is 1. The predicted molar refractivity (Wildman–Crippen MR) is 118 cm³/mol. The second kappa shape index (κ2) is 6.67. The molecule has 1 aliphatic rings. The Morgan fingerprint density at radius 1 is 1.10 bits per heavy atom. The molecule has 0 radical (unpaired) electrons. The van der Waals surface area contributed by atoms with E-state index in [0.717, 1.165) is 39.1 Å². The summed E-state index contributed by atoms with van der Waals surface area (Å²) in [4.78, 5) is 9.35. The number of aryl methyl sites for hydroxylation is 1. The standard InChI is InChI=1S/C22H21ClN6/c1-13-11-15(14(2)28(13)18-9-5-3-7-16(18)23)12-20-26-21(24)27-22-25-17-8-4-6-10-19(17)29(20)22/h3-11,20H,12H2,1-2H3,(H3,24,25,26,27). The van der Waals surface area contributed by atoms with Crippen molar-refractivity contribution in [2.24, 2.45) is 10.7 Å². The number of nitrogens with zero attached hydrogens (tertiary/aromatic N) is 4. The third kappa shape index (κ3) is 2.87. The van der Waals surface area contributed by atoms with Gasteiger partial charge in [-0.15, -0.1) is 0 Å². The fourth-order valence-corrected chi connectivity index (χ4v) is 4.39. The van der Waals surface area contributed by atoms with E-state index >= 15 is 0 Å². The van der Waals surface area contributed by atoms with E-state index in [1.54, 1.807) is 0 Å². The van der Waals surface area contributed by atoms with Gasteiger partial charge in [0.1, 0.15) is 6.17 Å². The number of hydrogen-bond donors (Lipinski definition) is 2. The van der Waals surface area contributed by atoms with E-state index in [2.05, 4.69) is 50.4 Å². The van der Waals surface area contributed by atoms with E-state index in [-0.39, 0.29) is 6.17 Å². The van der Waals surface area contributed by atoms with Crippen LogP contribution in [0.3, 0.4) is 0 Å². The third-order valence-corrected chi connectivity index (χ3v) is 5.77. The molecular weight excluding hydrogens is 384 g/mol. The molecule has 6 nitrogen and oxygen atoms in total. The Balaban J connectivity index is 1.59. The molecule has 0 spiro atoms. The minimum absolute atomic E-state index is 0.168. The Kier molecular flexibility index (Phi) is 4.10. The van der Waals surface area contributed by atoms with Gasteiger partial charge in [0, 0.05) is 17.8 Å². The van der Waals surface area contributed by atoms with E-state index in [4.69, 9.17) is 17.3 Å². The number of guanidine groups is 1. The van der Waals surface area contributed by atoms with Crippen LogP contribution in [0, 0.1) is 13.8 Å². The van der Waals surface area contributed by atoms with Crippen molar-refractivity contribution in [1.29, 1.82) is 0 Å². The molecule has 2 aromatic heterocycles. The maximum Gasteiger partial charge on any atom is 0.212 e. The molecule has 0 saturated heterocycles. The van der Waals surface area contributed by atoms with Crippen LogP contribution in [0.25, 0.3) is 16.7 Å². The van der Waals surface area contributed by atoms with E-state index in [0.29, 0.717) is 12.4 Å². The summed E-state index contributed by atoms with van der Waals surface area (Å²) in [5.41, 5.74) is 12.5. The van der Waals surface area contributed by atoms with Crippen molar-refractivity contribution in [3.63, 3.8) is 0 Å². The van der Waals surface area contributed by atoms with Gasteiger partial charge < -0.3 is 10.3 Å². The molecule has 29 heavy (non-hydrogen) atoms. The van der Waals surface area contributed by atoms with Crippen LogP contribution in [0.5, 0.6) is 0 Å². The Labute approximate surface area is 173 Å². The number of imidazole rings is 1. The number of benzene rings is 2. The van der Waals surface area contributed by atoms with Crippen molar-refractivity contribution >= 4 is 34.5 Å². The molecule has 146 valence electrons. The summed E-state index contributed by atoms with van der Waals surface area (Å²) in [6.45, 7) is 4.21. The number of fused-ring (bicyclic) bond motifs is 3. The van der Waals surface area contributed by atoms with Crippen LogP contribution in [-0.4, -0.2) is 20.1 Å². The van der Waals surface area contributed by atoms with Crippen LogP contribution in [0.4, 0.5) is 5.95 Å². The first-order valence-electron chi connectivity index (χ1n) is 9.53. The van der Waals surface area contributed by atoms with Crippen LogP contribution >= 0.6 is 11.6 Å². The zero-order valence-corrected chi connectivity index (χ0v) is 17.0. The number of aromatic nitrogens is 3. The van der Waals surface area contributed by atoms with Gasteiger partial charge in [0.15, 0.2) is 5.96 Å². The Hall–Kier alpha value is -3.25. The van der Waals surface area contributed by atoms with Crippen LogP contribution in [0.2, 0.25) is 5.02 Å². The minimum atomic E-state index is -0.168. The number of anilines is 1. The van der Waals surface area contributed by atoms with Gasteiger partial charge in [-0.3, -0.25) is 9.88 Å². The molecule has 1 aliphatic heterocycles. The molecule has 0 bridgehead atoms. The molecule has 0 fully saturated rings. The summed E-state index contributed by atoms with van der Waals surface area (Å²) in [6.07, 6.45) is 0.540. The lowest BCUT2D eigenvalue weighted by atomic mass is 10.1. The summed E-state index contributed by atoms with van der Waals surface area (Å²) < 4.78 is 4.31. The largest absolute Gasteiger partial charge is 0.370 e. The zero-order chi connectivity index (χ0) is 20.1. The second-order valence-electron chi connectivity index (χ2n) is 7.30. The highest BCUT2D eigenvalue weighted by Crippen LogP contribution is 2.33. The smallest absolute Gasteiger partial charge is 0.212 e. The van der Waals surface area contributed by atoms with Crippen LogP contribution in [-0.2, 0) is 6.42 Å². The highest BCUT2D eigenvalue weighted by atomic mass is 35.5. The predicted octanol–water partition coefficient (Wildman–Crippen LogP) is 4.58. The molecule has 0 aliphatic carbocycles. The average Bonchev–Trinajstić information content (AvgIpc) is 3.19. The average molecular weight is 405 g/mol. The molecule has 7 heteroatoms. The monoisotopic (exact) mass is 404 g/mol. The van der Waals surface area contributed by atoms with Crippen LogP contribution < -0.4 is 11.1 Å². The molecule has 1 unspecified atom stereocenters. The first-order valence-corrected chi connectivity index (χ1v) is 9.90. The quantitative estimate of drug-likeness (QED) is 0.525. The lowest BCUT2D eigenvalue weighted by Crippen LogP contribution is -2.31. The van der Waals surface area contributed by atoms with Gasteiger partial charge in [0.25, 0.3) is 0 Å². The number of aliphatic imine (C=N–C) groups is 1. The van der Waals surface area contributed by atoms with Crippen molar-refractivity contribution in [2.75, 3.05) is 5.32 Å². The number of hydrogen-bond acceptors (Lipinski definition) is 4. The molecular formula is C22H21ClN6. The number of para-hydroxylation sites is 3. The SMILES string of the molecule is Cc1cc(CC2N=C(N)Nc3nc4ccccc4n32)c(C)n1-c1ccccc1Cl. The fraction of sp³-hybridized carbons (Fsp3) is 0.182. The summed E-state index contributed by atoms with van der Waals surface area (Å²) in [7, 11) is 0. The second-order valence-corrected chi connectivity index (χ2v) is 7.71. The zero-order valence-electron chi connectivity index (χ0n) is 16.2. The minimum Gasteiger partial charge on any atom is -0.370 e. The van der Waals surface area contributed by atoms with Gasteiger partial charge in [0.05, 0.1) is 21.7 Å². The molecule has 4 aromatic rings. The maximum absolute atomic E-state index is 6.46. The van der Waals surface area contributed by atoms with Crippen molar-refractivity contribution < 1.29 is 0 Å². The summed E-state index contributed by atoms with van der Waals surface area (Å²) in [5.74, 6) is 1.11. The molecule has 0 saturated carbocycles. The number of rotatable bonds is 3. The lowest BCUT2D eigenvalue weighted by molar-refractivity contribution is 0.531. The third-order valence-electron chi connectivity index (χ3n) is 5.45. The van der Waals surface area contributed by atoms with Crippen molar-refractivity contribution in [3.8, 4) is 5.69 Å². The Morgan fingerprint density at radius 2 is 1.86 bits per heavy atom. The van der Waals surface area contributed by atoms with E-state index < -0.39 is 0 Å². The topological polar surface area (TPSA) is 73.2 Å². The molecule has 0 amide bonds.